The van der Waals surface area contributed by atoms with Crippen molar-refractivity contribution in [1.29, 1.82) is 0 Å². The summed E-state index contributed by atoms with van der Waals surface area (Å²) in [7, 11) is -2.95. The average Bonchev–Trinajstić information content (AvgIpc) is 2.26. The number of rotatable bonds is 3. The highest BCUT2D eigenvalue weighted by atomic mass is 32.2. The Morgan fingerprint density at radius 2 is 2.25 bits per heavy atom. The van der Waals surface area contributed by atoms with Crippen molar-refractivity contribution in [1.82, 2.24) is 0 Å². The molecule has 1 atom stereocenters. The Bertz CT molecular complexity index is 264. The van der Waals surface area contributed by atoms with Gasteiger partial charge >= 0.3 is 0 Å². The van der Waals surface area contributed by atoms with Gasteiger partial charge < -0.3 is 4.74 Å². The Morgan fingerprint density at radius 3 is 2.67 bits per heavy atom. The lowest BCUT2D eigenvalue weighted by Gasteiger charge is -2.10. The van der Waals surface area contributed by atoms with E-state index in [0.29, 0.717) is 12.5 Å². The molecule has 3 nitrogen and oxygen atoms in total. The molecule has 0 radical (unpaired) electrons. The maximum Gasteiger partial charge on any atom is 0.174 e. The van der Waals surface area contributed by atoms with E-state index in [2.05, 4.69) is 0 Å². The maximum absolute atomic E-state index is 10.9. The van der Waals surface area contributed by atoms with Crippen molar-refractivity contribution in [2.75, 3.05) is 12.4 Å². The largest absolute Gasteiger partial charge is 0.373 e. The normalized spacial score (nSPS) is 26.8. The monoisotopic (exact) mass is 190 g/mol. The van der Waals surface area contributed by atoms with E-state index in [0.717, 1.165) is 0 Å². The summed E-state index contributed by atoms with van der Waals surface area (Å²) in [6.45, 7) is 4.69. The molecule has 1 heterocycles. The molecule has 1 unspecified atom stereocenters. The molecule has 1 rings (SSSR count). The van der Waals surface area contributed by atoms with Gasteiger partial charge in [0, 0.05) is 12.0 Å². The van der Waals surface area contributed by atoms with E-state index in [4.69, 9.17) is 4.74 Å². The van der Waals surface area contributed by atoms with Crippen LogP contribution in [0.15, 0.2) is 11.5 Å². The quantitative estimate of drug-likeness (QED) is 0.666. The Hall–Kier alpha value is -0.350. The molecule has 0 aliphatic carbocycles. The second kappa shape index (κ2) is 3.58. The predicted molar refractivity (Wildman–Crippen MR) is 47.5 cm³/mol. The van der Waals surface area contributed by atoms with Gasteiger partial charge in [0.2, 0.25) is 0 Å². The van der Waals surface area contributed by atoms with E-state index in [9.17, 15) is 8.42 Å². The van der Waals surface area contributed by atoms with E-state index >= 15 is 0 Å². The molecule has 12 heavy (non-hydrogen) atoms. The van der Waals surface area contributed by atoms with Crippen LogP contribution in [0, 0.1) is 5.92 Å². The minimum atomic E-state index is -2.95. The summed E-state index contributed by atoms with van der Waals surface area (Å²) < 4.78 is 27.2. The van der Waals surface area contributed by atoms with Gasteiger partial charge in [0.25, 0.3) is 0 Å². The Labute approximate surface area is 73.3 Å². The van der Waals surface area contributed by atoms with Crippen molar-refractivity contribution in [2.45, 2.75) is 20.0 Å². The lowest BCUT2D eigenvalue weighted by atomic mass is 10.2. The molecule has 0 amide bonds. The van der Waals surface area contributed by atoms with Crippen molar-refractivity contribution in [2.24, 2.45) is 5.92 Å². The van der Waals surface area contributed by atoms with Crippen LogP contribution in [-0.2, 0) is 14.6 Å². The molecule has 4 heteroatoms. The van der Waals surface area contributed by atoms with Gasteiger partial charge in [0.05, 0.1) is 11.9 Å². The second-order valence-electron chi connectivity index (χ2n) is 3.42. The molecular formula is C8H14O3S. The zero-order valence-corrected chi connectivity index (χ0v) is 8.17. The molecule has 0 aromatic carbocycles. The summed E-state index contributed by atoms with van der Waals surface area (Å²) in [6, 6.07) is 0. The molecule has 0 saturated heterocycles. The maximum atomic E-state index is 10.9. The fourth-order valence-electron chi connectivity index (χ4n) is 0.967. The topological polar surface area (TPSA) is 43.4 Å². The van der Waals surface area contributed by atoms with Gasteiger partial charge in [-0.1, -0.05) is 13.8 Å². The van der Waals surface area contributed by atoms with Crippen LogP contribution in [0.1, 0.15) is 13.8 Å². The van der Waals surface area contributed by atoms with Crippen molar-refractivity contribution < 1.29 is 13.2 Å². The molecule has 0 fully saturated rings. The van der Waals surface area contributed by atoms with Crippen LogP contribution in [0.4, 0.5) is 0 Å². The van der Waals surface area contributed by atoms with Crippen molar-refractivity contribution in [3.63, 3.8) is 0 Å². The molecule has 0 aromatic heterocycles. The minimum absolute atomic E-state index is 0.111. The average molecular weight is 190 g/mol. The molecule has 0 bridgehead atoms. The highest BCUT2D eigenvalue weighted by Gasteiger charge is 2.21. The molecule has 0 saturated carbocycles. The van der Waals surface area contributed by atoms with Gasteiger partial charge in [-0.2, -0.15) is 0 Å². The van der Waals surface area contributed by atoms with Crippen LogP contribution < -0.4 is 0 Å². The highest BCUT2D eigenvalue weighted by Crippen LogP contribution is 2.12. The van der Waals surface area contributed by atoms with Crippen LogP contribution in [0.5, 0.6) is 0 Å². The Balaban J connectivity index is 2.35. The predicted octanol–water partition coefficient (Wildman–Crippen LogP) is 0.970. The Kier molecular flexibility index (Phi) is 2.90. The molecule has 0 N–H and O–H groups in total. The number of sulfone groups is 1. The fourth-order valence-corrected chi connectivity index (χ4v) is 2.16. The summed E-state index contributed by atoms with van der Waals surface area (Å²) in [4.78, 5) is 0. The fraction of sp³-hybridized carbons (Fsp3) is 0.750. The summed E-state index contributed by atoms with van der Waals surface area (Å²) in [5.41, 5.74) is 0. The van der Waals surface area contributed by atoms with Crippen LogP contribution in [0.3, 0.4) is 0 Å². The molecule has 1 aliphatic heterocycles. The van der Waals surface area contributed by atoms with Crippen molar-refractivity contribution in [3.8, 4) is 0 Å². The second-order valence-corrected chi connectivity index (χ2v) is 5.35. The first kappa shape index (κ1) is 9.74. The van der Waals surface area contributed by atoms with E-state index in [1.807, 2.05) is 13.8 Å². The van der Waals surface area contributed by atoms with Crippen LogP contribution in [0.25, 0.3) is 0 Å². The van der Waals surface area contributed by atoms with Gasteiger partial charge in [-0.3, -0.25) is 0 Å². The summed E-state index contributed by atoms with van der Waals surface area (Å²) in [5, 5.41) is 1.23. The zero-order valence-electron chi connectivity index (χ0n) is 7.36. The van der Waals surface area contributed by atoms with Gasteiger partial charge in [-0.15, -0.1) is 0 Å². The lowest BCUT2D eigenvalue weighted by Crippen LogP contribution is -2.17. The van der Waals surface area contributed by atoms with E-state index in [-0.39, 0.29) is 11.9 Å². The highest BCUT2D eigenvalue weighted by molar-refractivity contribution is 7.94. The van der Waals surface area contributed by atoms with E-state index in [1.165, 1.54) is 5.41 Å². The van der Waals surface area contributed by atoms with Gasteiger partial charge in [0.1, 0.15) is 0 Å². The SMILES string of the molecule is CC(C)COC1C=CS(=O)(=O)C1. The summed E-state index contributed by atoms with van der Waals surface area (Å²) in [6.07, 6.45) is 1.38. The van der Waals surface area contributed by atoms with Crippen LogP contribution in [-0.4, -0.2) is 26.9 Å². The number of hydrogen-bond donors (Lipinski definition) is 0. The van der Waals surface area contributed by atoms with Gasteiger partial charge in [-0.05, 0) is 12.0 Å². The minimum Gasteiger partial charge on any atom is -0.373 e. The van der Waals surface area contributed by atoms with Crippen LogP contribution in [0.2, 0.25) is 0 Å². The zero-order chi connectivity index (χ0) is 9.19. The first-order valence-electron chi connectivity index (χ1n) is 4.02. The number of ether oxygens (including phenoxy) is 1. The van der Waals surface area contributed by atoms with Gasteiger partial charge in [0.15, 0.2) is 9.84 Å². The third kappa shape index (κ3) is 2.95. The number of hydrogen-bond acceptors (Lipinski definition) is 3. The molecular weight excluding hydrogens is 176 g/mol. The lowest BCUT2D eigenvalue weighted by molar-refractivity contribution is 0.0795. The summed E-state index contributed by atoms with van der Waals surface area (Å²) in [5.74, 6) is 0.557. The standard InChI is InChI=1S/C8H14O3S/c1-7(2)5-11-8-3-4-12(9,10)6-8/h3-4,7-8H,5-6H2,1-2H3. The molecule has 1 aliphatic rings. The molecule has 0 spiro atoms. The van der Waals surface area contributed by atoms with E-state index < -0.39 is 9.84 Å². The first-order valence-corrected chi connectivity index (χ1v) is 5.74. The van der Waals surface area contributed by atoms with Crippen molar-refractivity contribution in [3.05, 3.63) is 11.5 Å². The first-order chi connectivity index (χ1) is 5.49. The van der Waals surface area contributed by atoms with E-state index in [1.54, 1.807) is 6.08 Å². The Morgan fingerprint density at radius 1 is 1.58 bits per heavy atom. The summed E-state index contributed by atoms with van der Waals surface area (Å²) >= 11 is 0. The third-order valence-electron chi connectivity index (χ3n) is 1.54. The van der Waals surface area contributed by atoms with Crippen LogP contribution >= 0.6 is 0 Å². The molecule has 70 valence electrons. The smallest absolute Gasteiger partial charge is 0.174 e. The van der Waals surface area contributed by atoms with Gasteiger partial charge in [-0.25, -0.2) is 8.42 Å². The third-order valence-corrected chi connectivity index (χ3v) is 2.91. The van der Waals surface area contributed by atoms with Crippen molar-refractivity contribution >= 4 is 9.84 Å². The molecule has 0 aromatic rings.